The maximum Gasteiger partial charge on any atom is 0.251 e. The first-order valence-corrected chi connectivity index (χ1v) is 4.81. The van der Waals surface area contributed by atoms with E-state index < -0.39 is 0 Å². The third kappa shape index (κ3) is 3.09. The van der Waals surface area contributed by atoms with Crippen molar-refractivity contribution in [1.29, 1.82) is 0 Å². The number of unbranched alkanes of at least 4 members (excludes halogenated alkanes) is 1. The lowest BCUT2D eigenvalue weighted by Gasteiger charge is -2.03. The van der Waals surface area contributed by atoms with E-state index in [9.17, 15) is 4.79 Å². The summed E-state index contributed by atoms with van der Waals surface area (Å²) in [6, 6.07) is 6.23. The molecule has 0 saturated heterocycles. The Kier molecular flexibility index (Phi) is 3.98. The highest BCUT2D eigenvalue weighted by Crippen LogP contribution is 2.09. The van der Waals surface area contributed by atoms with Crippen molar-refractivity contribution < 1.29 is 9.90 Å². The molecule has 1 aromatic carbocycles. The Hall–Kier alpha value is -1.51. The molecule has 0 heterocycles. The van der Waals surface area contributed by atoms with Gasteiger partial charge >= 0.3 is 0 Å². The van der Waals surface area contributed by atoms with Crippen LogP contribution < -0.4 is 5.32 Å². The van der Waals surface area contributed by atoms with Gasteiger partial charge in [-0.15, -0.1) is 0 Å². The summed E-state index contributed by atoms with van der Waals surface area (Å²) in [5.41, 5.74) is 0.582. The molecule has 0 aliphatic carbocycles. The second kappa shape index (κ2) is 5.27. The number of phenolic OH excluding ortho intramolecular Hbond substituents is 1. The minimum absolute atomic E-state index is 0.0848. The van der Waals surface area contributed by atoms with Gasteiger partial charge in [0, 0.05) is 12.1 Å². The van der Waals surface area contributed by atoms with Gasteiger partial charge in [0.05, 0.1) is 0 Å². The average Bonchev–Trinajstić information content (AvgIpc) is 2.19. The van der Waals surface area contributed by atoms with Gasteiger partial charge in [0.1, 0.15) is 5.75 Å². The minimum Gasteiger partial charge on any atom is -0.508 e. The number of carbonyl (C=O) groups excluding carboxylic acids is 1. The number of aromatic hydroxyl groups is 1. The summed E-state index contributed by atoms with van der Waals surface area (Å²) < 4.78 is 0. The van der Waals surface area contributed by atoms with Crippen LogP contribution in [0.3, 0.4) is 0 Å². The van der Waals surface area contributed by atoms with Gasteiger partial charge in [-0.3, -0.25) is 4.79 Å². The van der Waals surface area contributed by atoms with Crippen LogP contribution in [0.25, 0.3) is 0 Å². The van der Waals surface area contributed by atoms with Crippen LogP contribution in [0.1, 0.15) is 30.1 Å². The SMILES string of the molecule is CCCCNC(=O)c1ccc(O)cc1. The number of hydrogen-bond acceptors (Lipinski definition) is 2. The van der Waals surface area contributed by atoms with Gasteiger partial charge in [0.25, 0.3) is 5.91 Å². The number of carbonyl (C=O) groups is 1. The van der Waals surface area contributed by atoms with E-state index in [-0.39, 0.29) is 11.7 Å². The summed E-state index contributed by atoms with van der Waals surface area (Å²) in [5, 5.41) is 11.8. The Balaban J connectivity index is 2.48. The predicted octanol–water partition coefficient (Wildman–Crippen LogP) is 1.92. The Labute approximate surface area is 83.8 Å². The first-order valence-electron chi connectivity index (χ1n) is 4.81. The predicted molar refractivity (Wildman–Crippen MR) is 55.3 cm³/mol. The van der Waals surface area contributed by atoms with Crippen molar-refractivity contribution in [3.8, 4) is 5.75 Å². The Morgan fingerprint density at radius 3 is 2.57 bits per heavy atom. The van der Waals surface area contributed by atoms with Gasteiger partial charge < -0.3 is 10.4 Å². The number of phenols is 1. The van der Waals surface area contributed by atoms with Crippen molar-refractivity contribution in [1.82, 2.24) is 5.32 Å². The zero-order chi connectivity index (χ0) is 10.4. The molecule has 14 heavy (non-hydrogen) atoms. The minimum atomic E-state index is -0.0848. The maximum absolute atomic E-state index is 11.4. The monoisotopic (exact) mass is 193 g/mol. The fraction of sp³-hybridized carbons (Fsp3) is 0.364. The average molecular weight is 193 g/mol. The second-order valence-electron chi connectivity index (χ2n) is 3.16. The van der Waals surface area contributed by atoms with E-state index >= 15 is 0 Å². The molecule has 0 unspecified atom stereocenters. The number of amides is 1. The molecule has 0 bridgehead atoms. The molecule has 0 saturated carbocycles. The van der Waals surface area contributed by atoms with E-state index in [4.69, 9.17) is 5.11 Å². The Morgan fingerprint density at radius 1 is 1.36 bits per heavy atom. The van der Waals surface area contributed by atoms with E-state index in [1.807, 2.05) is 0 Å². The van der Waals surface area contributed by atoms with Crippen molar-refractivity contribution in [2.75, 3.05) is 6.54 Å². The molecule has 0 aliphatic heterocycles. The summed E-state index contributed by atoms with van der Waals surface area (Å²) in [6.45, 7) is 2.78. The number of benzene rings is 1. The highest BCUT2D eigenvalue weighted by atomic mass is 16.3. The fourth-order valence-corrected chi connectivity index (χ4v) is 1.09. The van der Waals surface area contributed by atoms with Crippen LogP contribution in [0.4, 0.5) is 0 Å². The van der Waals surface area contributed by atoms with Crippen LogP contribution >= 0.6 is 0 Å². The number of hydrogen-bond donors (Lipinski definition) is 2. The molecule has 0 aromatic heterocycles. The lowest BCUT2D eigenvalue weighted by Crippen LogP contribution is -2.24. The lowest BCUT2D eigenvalue weighted by atomic mass is 10.2. The molecule has 0 aliphatic rings. The van der Waals surface area contributed by atoms with Crippen molar-refractivity contribution in [2.45, 2.75) is 19.8 Å². The van der Waals surface area contributed by atoms with Gasteiger partial charge in [-0.2, -0.15) is 0 Å². The summed E-state index contributed by atoms with van der Waals surface area (Å²) in [7, 11) is 0. The highest BCUT2D eigenvalue weighted by molar-refractivity contribution is 5.94. The van der Waals surface area contributed by atoms with Gasteiger partial charge in [0.2, 0.25) is 0 Å². The van der Waals surface area contributed by atoms with Crippen molar-refractivity contribution in [3.63, 3.8) is 0 Å². The zero-order valence-corrected chi connectivity index (χ0v) is 8.29. The Bertz CT molecular complexity index is 293. The smallest absolute Gasteiger partial charge is 0.251 e. The van der Waals surface area contributed by atoms with Crippen LogP contribution in [0.15, 0.2) is 24.3 Å². The topological polar surface area (TPSA) is 49.3 Å². The number of nitrogens with one attached hydrogen (secondary N) is 1. The van der Waals surface area contributed by atoms with Crippen LogP contribution in [-0.4, -0.2) is 17.6 Å². The fourth-order valence-electron chi connectivity index (χ4n) is 1.09. The summed E-state index contributed by atoms with van der Waals surface area (Å²) in [5.74, 6) is 0.0913. The molecule has 1 amide bonds. The normalized spacial score (nSPS) is 9.79. The molecule has 76 valence electrons. The summed E-state index contributed by atoms with van der Waals surface area (Å²) >= 11 is 0. The summed E-state index contributed by atoms with van der Waals surface area (Å²) in [4.78, 5) is 11.4. The Morgan fingerprint density at radius 2 is 2.00 bits per heavy atom. The van der Waals surface area contributed by atoms with E-state index in [0.29, 0.717) is 12.1 Å². The molecular formula is C11H15NO2. The molecule has 0 radical (unpaired) electrons. The number of rotatable bonds is 4. The highest BCUT2D eigenvalue weighted by Gasteiger charge is 2.03. The largest absolute Gasteiger partial charge is 0.508 e. The summed E-state index contributed by atoms with van der Waals surface area (Å²) in [6.07, 6.45) is 2.06. The zero-order valence-electron chi connectivity index (χ0n) is 8.29. The third-order valence-corrected chi connectivity index (χ3v) is 1.95. The third-order valence-electron chi connectivity index (χ3n) is 1.95. The van der Waals surface area contributed by atoms with Crippen molar-refractivity contribution in [2.24, 2.45) is 0 Å². The standard InChI is InChI=1S/C11H15NO2/c1-2-3-8-12-11(14)9-4-6-10(13)7-5-9/h4-7,13H,2-3,8H2,1H3,(H,12,14). The van der Waals surface area contributed by atoms with Crippen molar-refractivity contribution >= 4 is 5.91 Å². The van der Waals surface area contributed by atoms with Crippen LogP contribution in [0.5, 0.6) is 5.75 Å². The molecule has 0 fully saturated rings. The van der Waals surface area contributed by atoms with Crippen molar-refractivity contribution in [3.05, 3.63) is 29.8 Å². The lowest BCUT2D eigenvalue weighted by molar-refractivity contribution is 0.0953. The van der Waals surface area contributed by atoms with Crippen LogP contribution in [-0.2, 0) is 0 Å². The van der Waals surface area contributed by atoms with Crippen LogP contribution in [0, 0.1) is 0 Å². The first kappa shape index (κ1) is 10.6. The quantitative estimate of drug-likeness (QED) is 0.718. The maximum atomic E-state index is 11.4. The molecule has 1 aromatic rings. The van der Waals surface area contributed by atoms with E-state index in [1.165, 1.54) is 12.1 Å². The molecule has 0 atom stereocenters. The van der Waals surface area contributed by atoms with E-state index in [1.54, 1.807) is 12.1 Å². The van der Waals surface area contributed by atoms with Gasteiger partial charge in [-0.05, 0) is 30.7 Å². The van der Waals surface area contributed by atoms with E-state index in [2.05, 4.69) is 12.2 Å². The first-order chi connectivity index (χ1) is 6.74. The molecule has 0 spiro atoms. The molecule has 2 N–H and O–H groups in total. The molecule has 3 heteroatoms. The van der Waals surface area contributed by atoms with Gasteiger partial charge in [-0.25, -0.2) is 0 Å². The van der Waals surface area contributed by atoms with Gasteiger partial charge in [0.15, 0.2) is 0 Å². The van der Waals surface area contributed by atoms with E-state index in [0.717, 1.165) is 12.8 Å². The van der Waals surface area contributed by atoms with Crippen LogP contribution in [0.2, 0.25) is 0 Å². The molecule has 1 rings (SSSR count). The second-order valence-corrected chi connectivity index (χ2v) is 3.16. The molecular weight excluding hydrogens is 178 g/mol. The van der Waals surface area contributed by atoms with Gasteiger partial charge in [-0.1, -0.05) is 13.3 Å². The molecule has 3 nitrogen and oxygen atoms in total.